The molecule has 0 atom stereocenters. The Bertz CT molecular complexity index is 1060. The van der Waals surface area contributed by atoms with E-state index >= 15 is 0 Å². The van der Waals surface area contributed by atoms with Crippen LogP contribution in [0.3, 0.4) is 0 Å². The number of H-pyrrole nitrogens is 1. The highest BCUT2D eigenvalue weighted by Gasteiger charge is 2.32. The molecule has 0 amide bonds. The summed E-state index contributed by atoms with van der Waals surface area (Å²) in [7, 11) is 0. The number of alkyl halides is 3. The van der Waals surface area contributed by atoms with Crippen molar-refractivity contribution in [1.82, 2.24) is 14.8 Å². The molecule has 2 aromatic carbocycles. The molecule has 1 heterocycles. The summed E-state index contributed by atoms with van der Waals surface area (Å²) in [6.45, 7) is -0.246. The van der Waals surface area contributed by atoms with Crippen LogP contribution in [0.15, 0.2) is 53.3 Å². The Morgan fingerprint density at radius 3 is 2.48 bits per heavy atom. The summed E-state index contributed by atoms with van der Waals surface area (Å²) in [6, 6.07) is 12.0. The van der Waals surface area contributed by atoms with Crippen molar-refractivity contribution < 1.29 is 18.0 Å². The lowest BCUT2D eigenvalue weighted by Gasteiger charge is -2.12. The van der Waals surface area contributed by atoms with Gasteiger partial charge >= 0.3 is 11.9 Å². The van der Waals surface area contributed by atoms with Gasteiger partial charge in [0, 0.05) is 17.0 Å². The number of aryl methyl sites for hydroxylation is 1. The molecule has 0 aliphatic rings. The van der Waals surface area contributed by atoms with Crippen molar-refractivity contribution in [3.8, 4) is 11.4 Å². The highest BCUT2D eigenvalue weighted by Crippen LogP contribution is 2.32. The van der Waals surface area contributed by atoms with Crippen molar-refractivity contribution >= 4 is 17.4 Å². The zero-order valence-electron chi connectivity index (χ0n) is 15.2. The highest BCUT2D eigenvalue weighted by atomic mass is 35.5. The molecule has 9 heteroatoms. The third-order valence-electron chi connectivity index (χ3n) is 4.35. The van der Waals surface area contributed by atoms with Crippen LogP contribution in [0, 0.1) is 0 Å². The smallest absolute Gasteiger partial charge is 0.298 e. The van der Waals surface area contributed by atoms with Crippen LogP contribution >= 0.6 is 11.6 Å². The molecule has 0 unspecified atom stereocenters. The summed E-state index contributed by atoms with van der Waals surface area (Å²) in [6.07, 6.45) is -4.02. The normalized spacial score (nSPS) is 11.6. The van der Waals surface area contributed by atoms with Crippen molar-refractivity contribution in [1.29, 1.82) is 0 Å². The van der Waals surface area contributed by atoms with Gasteiger partial charge in [-0.05, 0) is 48.7 Å². The summed E-state index contributed by atoms with van der Waals surface area (Å²) >= 11 is 5.83. The lowest BCUT2D eigenvalue weighted by molar-refractivity contribution is -0.138. The van der Waals surface area contributed by atoms with Gasteiger partial charge in [-0.3, -0.25) is 9.78 Å². The van der Waals surface area contributed by atoms with Gasteiger partial charge in [-0.1, -0.05) is 29.8 Å². The number of halogens is 4. The highest BCUT2D eigenvalue weighted by molar-refractivity contribution is 6.30. The van der Waals surface area contributed by atoms with E-state index in [-0.39, 0.29) is 37.2 Å². The molecule has 0 aliphatic carbocycles. The van der Waals surface area contributed by atoms with E-state index in [4.69, 9.17) is 11.6 Å². The molecule has 0 bridgehead atoms. The number of hydrogen-bond donors (Lipinski definition) is 1. The zero-order valence-corrected chi connectivity index (χ0v) is 15.9. The maximum atomic E-state index is 13.0. The summed E-state index contributed by atoms with van der Waals surface area (Å²) in [5.41, 5.74) is -0.439. The van der Waals surface area contributed by atoms with Gasteiger partial charge in [0.05, 0.1) is 5.56 Å². The minimum atomic E-state index is -4.43. The summed E-state index contributed by atoms with van der Waals surface area (Å²) in [5.74, 6) is 0.0179. The van der Waals surface area contributed by atoms with E-state index < -0.39 is 17.4 Å². The van der Waals surface area contributed by atoms with Crippen LogP contribution in [-0.4, -0.2) is 20.5 Å². The molecule has 0 radical (unpaired) electrons. The minimum absolute atomic E-state index is 0.0434. The third-order valence-corrected chi connectivity index (χ3v) is 4.60. The molecule has 3 aromatic rings. The monoisotopic (exact) mass is 423 g/mol. The SMILES string of the molecule is O=C(CCCc1ccccc1C(F)(F)F)Cn1nc(-c2ccc(Cl)cc2)[nH]c1=O. The maximum absolute atomic E-state index is 13.0. The molecular weight excluding hydrogens is 407 g/mol. The van der Waals surface area contributed by atoms with E-state index in [0.717, 1.165) is 10.7 Å². The average molecular weight is 424 g/mol. The molecule has 0 spiro atoms. The van der Waals surface area contributed by atoms with Crippen molar-refractivity contribution in [3.63, 3.8) is 0 Å². The summed E-state index contributed by atoms with van der Waals surface area (Å²) in [5, 5.41) is 4.64. The van der Waals surface area contributed by atoms with Crippen molar-refractivity contribution in [2.24, 2.45) is 0 Å². The lowest BCUT2D eigenvalue weighted by atomic mass is 10.0. The fraction of sp³-hybridized carbons (Fsp3) is 0.250. The van der Waals surface area contributed by atoms with Gasteiger partial charge in [-0.25, -0.2) is 9.48 Å². The molecule has 152 valence electrons. The zero-order chi connectivity index (χ0) is 21.0. The molecule has 0 saturated carbocycles. The molecular formula is C20H17ClF3N3O2. The molecule has 5 nitrogen and oxygen atoms in total. The van der Waals surface area contributed by atoms with E-state index in [1.807, 2.05) is 0 Å². The first kappa shape index (κ1) is 20.9. The van der Waals surface area contributed by atoms with E-state index in [9.17, 15) is 22.8 Å². The minimum Gasteiger partial charge on any atom is -0.298 e. The second kappa shape index (κ2) is 8.65. The fourth-order valence-electron chi connectivity index (χ4n) is 2.94. The molecule has 1 N–H and O–H groups in total. The van der Waals surface area contributed by atoms with Crippen molar-refractivity contribution in [2.45, 2.75) is 32.0 Å². The fourth-order valence-corrected chi connectivity index (χ4v) is 3.06. The number of benzene rings is 2. The Morgan fingerprint density at radius 2 is 1.79 bits per heavy atom. The van der Waals surface area contributed by atoms with Gasteiger partial charge in [-0.15, -0.1) is 5.10 Å². The Kier molecular flexibility index (Phi) is 6.22. The molecule has 0 fully saturated rings. The Hall–Kier alpha value is -2.87. The van der Waals surface area contributed by atoms with E-state index in [1.165, 1.54) is 18.2 Å². The van der Waals surface area contributed by atoms with Gasteiger partial charge in [0.25, 0.3) is 0 Å². The number of ketones is 1. The van der Waals surface area contributed by atoms with Gasteiger partial charge < -0.3 is 0 Å². The molecule has 29 heavy (non-hydrogen) atoms. The Labute approximate surface area is 169 Å². The van der Waals surface area contributed by atoms with Gasteiger partial charge in [0.2, 0.25) is 0 Å². The van der Waals surface area contributed by atoms with Gasteiger partial charge in [-0.2, -0.15) is 13.2 Å². The first-order valence-corrected chi connectivity index (χ1v) is 9.21. The number of carbonyl (C=O) groups excluding carboxylic acids is 1. The van der Waals surface area contributed by atoms with Crippen LogP contribution in [-0.2, 0) is 23.9 Å². The number of Topliss-reactive ketones (excluding diaryl/α,β-unsaturated/α-hetero) is 1. The number of carbonyl (C=O) groups is 1. The Balaban J connectivity index is 1.60. The van der Waals surface area contributed by atoms with Crippen molar-refractivity contribution in [3.05, 3.63) is 75.2 Å². The second-order valence-corrected chi connectivity index (χ2v) is 6.93. The van der Waals surface area contributed by atoms with Crippen LogP contribution in [0.1, 0.15) is 24.0 Å². The van der Waals surface area contributed by atoms with Crippen LogP contribution < -0.4 is 5.69 Å². The van der Waals surface area contributed by atoms with Gasteiger partial charge in [0.15, 0.2) is 11.6 Å². The first-order valence-electron chi connectivity index (χ1n) is 8.84. The molecule has 0 aliphatic heterocycles. The van der Waals surface area contributed by atoms with E-state index in [0.29, 0.717) is 16.4 Å². The lowest BCUT2D eigenvalue weighted by Crippen LogP contribution is -2.23. The van der Waals surface area contributed by atoms with Crippen LogP contribution in [0.5, 0.6) is 0 Å². The number of aromatic nitrogens is 3. The summed E-state index contributed by atoms with van der Waals surface area (Å²) in [4.78, 5) is 26.7. The van der Waals surface area contributed by atoms with Gasteiger partial charge in [0.1, 0.15) is 6.54 Å². The van der Waals surface area contributed by atoms with Crippen LogP contribution in [0.2, 0.25) is 5.02 Å². The molecule has 3 rings (SSSR count). The quantitative estimate of drug-likeness (QED) is 0.608. The number of nitrogens with one attached hydrogen (secondary N) is 1. The largest absolute Gasteiger partial charge is 0.416 e. The molecule has 0 saturated heterocycles. The van der Waals surface area contributed by atoms with Crippen molar-refractivity contribution in [2.75, 3.05) is 0 Å². The van der Waals surface area contributed by atoms with Crippen LogP contribution in [0.4, 0.5) is 13.2 Å². The standard InChI is InChI=1S/C20H17ClF3N3O2/c21-15-10-8-14(9-11-15)18-25-19(29)27(26-18)12-16(28)6-3-5-13-4-1-2-7-17(13)20(22,23)24/h1-2,4,7-11H,3,5-6,12H2,(H,25,26,29). The Morgan fingerprint density at radius 1 is 1.10 bits per heavy atom. The number of rotatable bonds is 7. The first-order chi connectivity index (χ1) is 13.7. The third kappa shape index (κ3) is 5.35. The topological polar surface area (TPSA) is 67.8 Å². The van der Waals surface area contributed by atoms with E-state index in [1.54, 1.807) is 24.3 Å². The average Bonchev–Trinajstić information content (AvgIpc) is 3.02. The van der Waals surface area contributed by atoms with Crippen LogP contribution in [0.25, 0.3) is 11.4 Å². The maximum Gasteiger partial charge on any atom is 0.416 e. The predicted molar refractivity (Wildman–Crippen MR) is 103 cm³/mol. The summed E-state index contributed by atoms with van der Waals surface area (Å²) < 4.78 is 40.0. The second-order valence-electron chi connectivity index (χ2n) is 6.49. The van der Waals surface area contributed by atoms with E-state index in [2.05, 4.69) is 10.1 Å². The molecule has 1 aromatic heterocycles. The predicted octanol–water partition coefficient (Wildman–Crippen LogP) is 4.50. The number of aromatic amines is 1. The number of hydrogen-bond acceptors (Lipinski definition) is 3. The number of nitrogens with zero attached hydrogens (tertiary/aromatic N) is 2.